The molecule has 0 aromatic carbocycles. The van der Waals surface area contributed by atoms with Crippen LogP contribution in [0.5, 0.6) is 0 Å². The second-order valence-corrected chi connectivity index (χ2v) is 6.39. The maximum atomic E-state index is 5.90. The lowest BCUT2D eigenvalue weighted by Crippen LogP contribution is -2.32. The van der Waals surface area contributed by atoms with Gasteiger partial charge in [0.25, 0.3) is 0 Å². The van der Waals surface area contributed by atoms with Gasteiger partial charge in [-0.1, -0.05) is 0 Å². The predicted molar refractivity (Wildman–Crippen MR) is 78.7 cm³/mol. The van der Waals surface area contributed by atoms with Crippen molar-refractivity contribution in [3.8, 4) is 0 Å². The van der Waals surface area contributed by atoms with Crippen LogP contribution in [0.2, 0.25) is 0 Å². The van der Waals surface area contributed by atoms with E-state index >= 15 is 0 Å². The quantitative estimate of drug-likeness (QED) is 0.803. The van der Waals surface area contributed by atoms with E-state index in [9.17, 15) is 0 Å². The molecule has 3 heterocycles. The Morgan fingerprint density at radius 3 is 3.11 bits per heavy atom. The van der Waals surface area contributed by atoms with Crippen LogP contribution in [0.4, 0.5) is 0 Å². The van der Waals surface area contributed by atoms with Crippen LogP contribution >= 0.6 is 27.5 Å². The number of halogens is 2. The highest BCUT2D eigenvalue weighted by atomic mass is 79.9. The highest BCUT2D eigenvalue weighted by Gasteiger charge is 2.35. The molecule has 2 aromatic rings. The van der Waals surface area contributed by atoms with Crippen LogP contribution in [0.3, 0.4) is 0 Å². The van der Waals surface area contributed by atoms with E-state index < -0.39 is 0 Å². The topological polar surface area (TPSA) is 39.9 Å². The molecular formula is C13H15BrClN3O. The van der Waals surface area contributed by atoms with Crippen LogP contribution in [-0.2, 0) is 16.7 Å². The summed E-state index contributed by atoms with van der Waals surface area (Å²) in [4.78, 5) is 9.21. The van der Waals surface area contributed by atoms with E-state index in [0.717, 1.165) is 40.9 Å². The van der Waals surface area contributed by atoms with Gasteiger partial charge in [-0.25, -0.2) is 9.97 Å². The summed E-state index contributed by atoms with van der Waals surface area (Å²) >= 11 is 9.34. The molecule has 4 nitrogen and oxygen atoms in total. The number of aryl methyl sites for hydroxylation is 1. The minimum absolute atomic E-state index is 0.0724. The molecule has 0 bridgehead atoms. The molecule has 2 aromatic heterocycles. The lowest BCUT2D eigenvalue weighted by Gasteiger charge is -2.26. The van der Waals surface area contributed by atoms with Crippen molar-refractivity contribution < 1.29 is 4.74 Å². The first-order chi connectivity index (χ1) is 9.14. The van der Waals surface area contributed by atoms with E-state index in [1.165, 1.54) is 0 Å². The third-order valence-electron chi connectivity index (χ3n) is 3.59. The van der Waals surface area contributed by atoms with Gasteiger partial charge in [-0.05, 0) is 35.3 Å². The van der Waals surface area contributed by atoms with Gasteiger partial charge >= 0.3 is 0 Å². The molecule has 3 rings (SSSR count). The molecule has 0 N–H and O–H groups in total. The maximum Gasteiger partial charge on any atom is 0.160 e. The fourth-order valence-electron chi connectivity index (χ4n) is 2.64. The fraction of sp³-hybridized carbons (Fsp3) is 0.538. The Hall–Kier alpha value is -0.650. The fourth-order valence-corrected chi connectivity index (χ4v) is 3.13. The third kappa shape index (κ3) is 2.28. The number of hydrogen-bond acceptors (Lipinski definition) is 3. The number of hydrogen-bond donors (Lipinski definition) is 0. The largest absolute Gasteiger partial charge is 0.379 e. The summed E-state index contributed by atoms with van der Waals surface area (Å²) in [5.74, 6) is 1.55. The van der Waals surface area contributed by atoms with Gasteiger partial charge < -0.3 is 9.30 Å². The zero-order valence-electron chi connectivity index (χ0n) is 10.7. The van der Waals surface area contributed by atoms with Crippen LogP contribution in [0.25, 0.3) is 11.2 Å². The van der Waals surface area contributed by atoms with Gasteiger partial charge in [0.05, 0.1) is 12.1 Å². The van der Waals surface area contributed by atoms with Crippen LogP contribution in [-0.4, -0.2) is 33.6 Å². The second kappa shape index (κ2) is 5.04. The number of rotatable bonds is 3. The molecule has 1 aliphatic heterocycles. The van der Waals surface area contributed by atoms with Gasteiger partial charge in [0.2, 0.25) is 0 Å². The van der Waals surface area contributed by atoms with Gasteiger partial charge in [-0.15, -0.1) is 11.6 Å². The average Bonchev–Trinajstić information content (AvgIpc) is 2.93. The lowest BCUT2D eigenvalue weighted by molar-refractivity contribution is 0.162. The Balaban J connectivity index is 2.21. The Morgan fingerprint density at radius 2 is 2.42 bits per heavy atom. The molecule has 1 aliphatic rings. The van der Waals surface area contributed by atoms with Crippen LogP contribution in [0.1, 0.15) is 19.2 Å². The standard InChI is InChI=1S/C13H15BrClN3O/c1-13(3-5-19-8-13)18-11(2-4-15)17-10-6-9(14)7-16-12(10)18/h6-7H,2-5,8H2,1H3. The van der Waals surface area contributed by atoms with Gasteiger partial charge in [0.1, 0.15) is 11.3 Å². The Morgan fingerprint density at radius 1 is 1.58 bits per heavy atom. The lowest BCUT2D eigenvalue weighted by atomic mass is 10.0. The zero-order chi connectivity index (χ0) is 13.5. The van der Waals surface area contributed by atoms with Crippen molar-refractivity contribution in [2.24, 2.45) is 0 Å². The Bertz CT molecular complexity index is 607. The van der Waals surface area contributed by atoms with Gasteiger partial charge in [-0.2, -0.15) is 0 Å². The Kier molecular flexibility index (Phi) is 3.53. The van der Waals surface area contributed by atoms with E-state index in [1.807, 2.05) is 12.3 Å². The minimum Gasteiger partial charge on any atom is -0.379 e. The second-order valence-electron chi connectivity index (χ2n) is 5.10. The first-order valence-electron chi connectivity index (χ1n) is 6.31. The molecule has 0 amide bonds. The molecule has 19 heavy (non-hydrogen) atoms. The third-order valence-corrected chi connectivity index (χ3v) is 4.21. The van der Waals surface area contributed by atoms with Crippen molar-refractivity contribution in [2.45, 2.75) is 25.3 Å². The SMILES string of the molecule is CC1(n2c(CCCl)nc3cc(Br)cnc32)CCOC1. The summed E-state index contributed by atoms with van der Waals surface area (Å²) < 4.78 is 8.72. The predicted octanol–water partition coefficient (Wildman–Crippen LogP) is 3.11. The zero-order valence-corrected chi connectivity index (χ0v) is 13.0. The number of imidazole rings is 1. The first kappa shape index (κ1) is 13.3. The van der Waals surface area contributed by atoms with E-state index in [2.05, 4.69) is 37.4 Å². The number of nitrogens with zero attached hydrogens (tertiary/aromatic N) is 3. The van der Waals surface area contributed by atoms with Crippen molar-refractivity contribution in [1.29, 1.82) is 0 Å². The molecular weight excluding hydrogens is 330 g/mol. The van der Waals surface area contributed by atoms with Crippen molar-refractivity contribution in [2.75, 3.05) is 19.1 Å². The molecule has 1 saturated heterocycles. The van der Waals surface area contributed by atoms with Gasteiger partial charge in [0, 0.05) is 29.6 Å². The minimum atomic E-state index is -0.0724. The van der Waals surface area contributed by atoms with Crippen molar-refractivity contribution >= 4 is 38.7 Å². The average molecular weight is 345 g/mol. The summed E-state index contributed by atoms with van der Waals surface area (Å²) in [6.07, 6.45) is 3.53. The van der Waals surface area contributed by atoms with Crippen LogP contribution in [0.15, 0.2) is 16.7 Å². The molecule has 1 unspecified atom stereocenters. The summed E-state index contributed by atoms with van der Waals surface area (Å²) in [5.41, 5.74) is 1.75. The molecule has 0 spiro atoms. The van der Waals surface area contributed by atoms with E-state index in [0.29, 0.717) is 12.5 Å². The number of fused-ring (bicyclic) bond motifs is 1. The first-order valence-corrected chi connectivity index (χ1v) is 7.64. The van der Waals surface area contributed by atoms with Crippen molar-refractivity contribution in [3.05, 3.63) is 22.6 Å². The Labute approximate surface area is 125 Å². The number of alkyl halides is 1. The van der Waals surface area contributed by atoms with Crippen LogP contribution < -0.4 is 0 Å². The van der Waals surface area contributed by atoms with E-state index in [4.69, 9.17) is 16.3 Å². The monoisotopic (exact) mass is 343 g/mol. The normalized spacial score (nSPS) is 23.3. The van der Waals surface area contributed by atoms with E-state index in [1.54, 1.807) is 0 Å². The van der Waals surface area contributed by atoms with Gasteiger partial charge in [0.15, 0.2) is 5.65 Å². The van der Waals surface area contributed by atoms with Crippen LogP contribution in [0, 0.1) is 0 Å². The van der Waals surface area contributed by atoms with Crippen molar-refractivity contribution in [3.63, 3.8) is 0 Å². The molecule has 0 radical (unpaired) electrons. The summed E-state index contributed by atoms with van der Waals surface area (Å²) in [7, 11) is 0. The summed E-state index contributed by atoms with van der Waals surface area (Å²) in [6.45, 7) is 3.68. The van der Waals surface area contributed by atoms with Crippen molar-refractivity contribution in [1.82, 2.24) is 14.5 Å². The number of aromatic nitrogens is 3. The van der Waals surface area contributed by atoms with Gasteiger partial charge in [-0.3, -0.25) is 0 Å². The maximum absolute atomic E-state index is 5.90. The molecule has 0 aliphatic carbocycles. The molecule has 1 atom stereocenters. The number of pyridine rings is 1. The molecule has 0 saturated carbocycles. The number of ether oxygens (including phenoxy) is 1. The highest BCUT2D eigenvalue weighted by Crippen LogP contribution is 2.32. The summed E-state index contributed by atoms with van der Waals surface area (Å²) in [6, 6.07) is 2.00. The highest BCUT2D eigenvalue weighted by molar-refractivity contribution is 9.10. The molecule has 6 heteroatoms. The summed E-state index contributed by atoms with van der Waals surface area (Å²) in [5, 5.41) is 0. The van der Waals surface area contributed by atoms with E-state index in [-0.39, 0.29) is 5.54 Å². The smallest absolute Gasteiger partial charge is 0.160 e. The molecule has 102 valence electrons. The molecule has 1 fully saturated rings.